The first kappa shape index (κ1) is 16.0. The number of hydrogen-bond acceptors (Lipinski definition) is 4. The molecule has 2 rings (SSSR count). The van der Waals surface area contributed by atoms with E-state index in [2.05, 4.69) is 10.6 Å². The largest absolute Gasteiger partial charge is 0.460 e. The standard InChI is InChI=1S/C16H21ClN2O2/c1-12-14(3-2-4-15(12)17)16-6-5-13(21-16)11-19-8-7-18-9-10-20/h2-6,18-20H,7-11H2,1H3. The zero-order valence-electron chi connectivity index (χ0n) is 12.2. The molecule has 4 nitrogen and oxygen atoms in total. The molecule has 0 unspecified atom stereocenters. The Balaban J connectivity index is 1.88. The van der Waals surface area contributed by atoms with Crippen molar-refractivity contribution < 1.29 is 9.52 Å². The molecular formula is C16H21ClN2O2. The molecule has 5 heteroatoms. The minimum absolute atomic E-state index is 0.167. The van der Waals surface area contributed by atoms with Crippen molar-refractivity contribution in [1.82, 2.24) is 10.6 Å². The van der Waals surface area contributed by atoms with Gasteiger partial charge in [0.05, 0.1) is 13.2 Å². The zero-order valence-corrected chi connectivity index (χ0v) is 12.9. The van der Waals surface area contributed by atoms with Crippen LogP contribution < -0.4 is 10.6 Å². The molecule has 2 aromatic rings. The summed E-state index contributed by atoms with van der Waals surface area (Å²) in [6, 6.07) is 9.77. The van der Waals surface area contributed by atoms with Crippen molar-refractivity contribution >= 4 is 11.6 Å². The fourth-order valence-electron chi connectivity index (χ4n) is 2.08. The van der Waals surface area contributed by atoms with Gasteiger partial charge in [-0.2, -0.15) is 0 Å². The van der Waals surface area contributed by atoms with Crippen LogP contribution in [0, 0.1) is 6.92 Å². The topological polar surface area (TPSA) is 57.4 Å². The number of aliphatic hydroxyl groups excluding tert-OH is 1. The van der Waals surface area contributed by atoms with Crippen LogP contribution in [0.4, 0.5) is 0 Å². The smallest absolute Gasteiger partial charge is 0.134 e. The van der Waals surface area contributed by atoms with E-state index >= 15 is 0 Å². The highest BCUT2D eigenvalue weighted by Gasteiger charge is 2.09. The minimum Gasteiger partial charge on any atom is -0.460 e. The monoisotopic (exact) mass is 308 g/mol. The van der Waals surface area contributed by atoms with Gasteiger partial charge in [-0.15, -0.1) is 0 Å². The second kappa shape index (κ2) is 8.20. The zero-order chi connectivity index (χ0) is 15.1. The van der Waals surface area contributed by atoms with E-state index in [1.807, 2.05) is 37.3 Å². The van der Waals surface area contributed by atoms with E-state index in [0.717, 1.165) is 40.8 Å². The molecule has 1 aromatic heterocycles. The molecule has 114 valence electrons. The summed E-state index contributed by atoms with van der Waals surface area (Å²) in [5.74, 6) is 1.73. The Morgan fingerprint density at radius 1 is 1.10 bits per heavy atom. The summed E-state index contributed by atoms with van der Waals surface area (Å²) in [7, 11) is 0. The molecule has 0 aliphatic carbocycles. The summed E-state index contributed by atoms with van der Waals surface area (Å²) < 4.78 is 5.85. The lowest BCUT2D eigenvalue weighted by Gasteiger charge is -2.05. The first-order chi connectivity index (χ1) is 10.2. The summed E-state index contributed by atoms with van der Waals surface area (Å²) in [5, 5.41) is 15.8. The molecule has 0 aliphatic rings. The van der Waals surface area contributed by atoms with Crippen LogP contribution in [0.2, 0.25) is 5.02 Å². The molecule has 0 saturated heterocycles. The summed E-state index contributed by atoms with van der Waals surface area (Å²) in [5.41, 5.74) is 2.06. The lowest BCUT2D eigenvalue weighted by atomic mass is 10.1. The van der Waals surface area contributed by atoms with Crippen LogP contribution in [0.25, 0.3) is 11.3 Å². The number of halogens is 1. The van der Waals surface area contributed by atoms with Crippen molar-refractivity contribution in [3.8, 4) is 11.3 Å². The predicted octanol–water partition coefficient (Wildman–Crippen LogP) is 2.58. The second-order valence-corrected chi connectivity index (χ2v) is 5.24. The summed E-state index contributed by atoms with van der Waals surface area (Å²) in [4.78, 5) is 0. The van der Waals surface area contributed by atoms with E-state index in [0.29, 0.717) is 13.1 Å². The van der Waals surface area contributed by atoms with Crippen LogP contribution in [0.1, 0.15) is 11.3 Å². The van der Waals surface area contributed by atoms with Crippen molar-refractivity contribution in [1.29, 1.82) is 0 Å². The molecule has 0 bridgehead atoms. The Kier molecular flexibility index (Phi) is 6.26. The highest BCUT2D eigenvalue weighted by molar-refractivity contribution is 6.31. The number of aliphatic hydroxyl groups is 1. The average molecular weight is 309 g/mol. The van der Waals surface area contributed by atoms with Crippen molar-refractivity contribution in [3.05, 3.63) is 46.7 Å². The van der Waals surface area contributed by atoms with Gasteiger partial charge in [-0.3, -0.25) is 0 Å². The van der Waals surface area contributed by atoms with Crippen molar-refractivity contribution in [2.45, 2.75) is 13.5 Å². The fraction of sp³-hybridized carbons (Fsp3) is 0.375. The first-order valence-corrected chi connectivity index (χ1v) is 7.46. The highest BCUT2D eigenvalue weighted by Crippen LogP contribution is 2.29. The Hall–Kier alpha value is -1.33. The summed E-state index contributed by atoms with van der Waals surface area (Å²) >= 11 is 6.14. The van der Waals surface area contributed by atoms with Crippen LogP contribution in [0.15, 0.2) is 34.7 Å². The molecular weight excluding hydrogens is 288 g/mol. The van der Waals surface area contributed by atoms with Gasteiger partial charge in [0.15, 0.2) is 0 Å². The SMILES string of the molecule is Cc1c(Cl)cccc1-c1ccc(CNCCNCCO)o1. The number of hydrogen-bond donors (Lipinski definition) is 3. The van der Waals surface area contributed by atoms with Crippen LogP contribution in [0.5, 0.6) is 0 Å². The lowest BCUT2D eigenvalue weighted by molar-refractivity contribution is 0.292. The van der Waals surface area contributed by atoms with Gasteiger partial charge >= 0.3 is 0 Å². The van der Waals surface area contributed by atoms with Gasteiger partial charge in [0.2, 0.25) is 0 Å². The maximum Gasteiger partial charge on any atom is 0.134 e. The molecule has 1 aromatic carbocycles. The quantitative estimate of drug-likeness (QED) is 0.656. The van der Waals surface area contributed by atoms with Crippen LogP contribution in [-0.2, 0) is 6.54 Å². The molecule has 0 radical (unpaired) electrons. The van der Waals surface area contributed by atoms with E-state index in [1.54, 1.807) is 0 Å². The maximum absolute atomic E-state index is 8.65. The Bertz CT molecular complexity index is 569. The van der Waals surface area contributed by atoms with Crippen molar-refractivity contribution in [2.24, 2.45) is 0 Å². The molecule has 0 saturated carbocycles. The maximum atomic E-state index is 8.65. The number of furan rings is 1. The minimum atomic E-state index is 0.167. The third-order valence-corrected chi connectivity index (χ3v) is 3.67. The van der Waals surface area contributed by atoms with Crippen LogP contribution in [0.3, 0.4) is 0 Å². The first-order valence-electron chi connectivity index (χ1n) is 7.09. The molecule has 0 atom stereocenters. The highest BCUT2D eigenvalue weighted by atomic mass is 35.5. The normalized spacial score (nSPS) is 11.0. The molecule has 0 spiro atoms. The Morgan fingerprint density at radius 2 is 1.90 bits per heavy atom. The van der Waals surface area contributed by atoms with E-state index < -0.39 is 0 Å². The molecule has 0 amide bonds. The Labute approximate surface area is 130 Å². The third kappa shape index (κ3) is 4.58. The average Bonchev–Trinajstić information content (AvgIpc) is 2.94. The van der Waals surface area contributed by atoms with E-state index in [4.69, 9.17) is 21.1 Å². The van der Waals surface area contributed by atoms with Crippen molar-refractivity contribution in [3.63, 3.8) is 0 Å². The van der Waals surface area contributed by atoms with E-state index in [1.165, 1.54) is 0 Å². The fourth-order valence-corrected chi connectivity index (χ4v) is 2.26. The van der Waals surface area contributed by atoms with Gasteiger partial charge in [0.25, 0.3) is 0 Å². The van der Waals surface area contributed by atoms with Gasteiger partial charge in [0.1, 0.15) is 11.5 Å². The number of benzene rings is 1. The number of rotatable bonds is 8. The second-order valence-electron chi connectivity index (χ2n) is 4.83. The van der Waals surface area contributed by atoms with Crippen molar-refractivity contribution in [2.75, 3.05) is 26.2 Å². The van der Waals surface area contributed by atoms with E-state index in [-0.39, 0.29) is 6.61 Å². The number of nitrogens with one attached hydrogen (secondary N) is 2. The van der Waals surface area contributed by atoms with E-state index in [9.17, 15) is 0 Å². The van der Waals surface area contributed by atoms with Gasteiger partial charge < -0.3 is 20.2 Å². The van der Waals surface area contributed by atoms with Gasteiger partial charge in [-0.25, -0.2) is 0 Å². The molecule has 0 aliphatic heterocycles. The van der Waals surface area contributed by atoms with Gasteiger partial charge in [0, 0.05) is 30.2 Å². The predicted molar refractivity (Wildman–Crippen MR) is 85.6 cm³/mol. The van der Waals surface area contributed by atoms with Crippen LogP contribution >= 0.6 is 11.6 Å². The lowest BCUT2D eigenvalue weighted by Crippen LogP contribution is -2.28. The summed E-state index contributed by atoms with van der Waals surface area (Å²) in [6.45, 7) is 5.11. The summed E-state index contributed by atoms with van der Waals surface area (Å²) in [6.07, 6.45) is 0. The van der Waals surface area contributed by atoms with Crippen LogP contribution in [-0.4, -0.2) is 31.3 Å². The third-order valence-electron chi connectivity index (χ3n) is 3.26. The molecule has 1 heterocycles. The molecule has 0 fully saturated rings. The van der Waals surface area contributed by atoms with Gasteiger partial charge in [-0.05, 0) is 30.7 Å². The molecule has 3 N–H and O–H groups in total. The molecule has 21 heavy (non-hydrogen) atoms. The Morgan fingerprint density at radius 3 is 2.71 bits per heavy atom. The van der Waals surface area contributed by atoms with Gasteiger partial charge in [-0.1, -0.05) is 23.7 Å².